The SMILES string of the molecule is COc1cccc(C2(OC)OOC2(CNC(C)=O)C(C)(C)C)c1. The predicted octanol–water partition coefficient (Wildman–Crippen LogP) is 2.38. The van der Waals surface area contributed by atoms with E-state index in [0.717, 1.165) is 5.56 Å². The lowest BCUT2D eigenvalue weighted by atomic mass is 9.67. The largest absolute Gasteiger partial charge is 0.497 e. The molecule has 1 fully saturated rings. The molecule has 1 amide bonds. The van der Waals surface area contributed by atoms with Crippen molar-refractivity contribution in [2.75, 3.05) is 20.8 Å². The number of rotatable bonds is 5. The standard InChI is InChI=1S/C17H25NO5/c1-12(19)18-11-16(15(2,3)4)17(21-6,23-22-16)13-8-7-9-14(10-13)20-5/h7-10H,11H2,1-6H3,(H,18,19). The third-order valence-electron chi connectivity index (χ3n) is 4.37. The molecule has 128 valence electrons. The maximum Gasteiger partial charge on any atom is 0.262 e. The third-order valence-corrected chi connectivity index (χ3v) is 4.37. The highest BCUT2D eigenvalue weighted by atomic mass is 17.3. The van der Waals surface area contributed by atoms with Crippen LogP contribution in [-0.2, 0) is 25.1 Å². The molecule has 2 rings (SSSR count). The van der Waals surface area contributed by atoms with Crippen LogP contribution in [0.3, 0.4) is 0 Å². The number of carbonyl (C=O) groups excluding carboxylic acids is 1. The summed E-state index contributed by atoms with van der Waals surface area (Å²) in [5, 5.41) is 2.83. The minimum Gasteiger partial charge on any atom is -0.497 e. The van der Waals surface area contributed by atoms with E-state index >= 15 is 0 Å². The van der Waals surface area contributed by atoms with Gasteiger partial charge in [0.25, 0.3) is 5.79 Å². The van der Waals surface area contributed by atoms with Crippen LogP contribution >= 0.6 is 0 Å². The summed E-state index contributed by atoms with van der Waals surface area (Å²) in [4.78, 5) is 22.5. The normalized spacial score (nSPS) is 27.2. The van der Waals surface area contributed by atoms with Gasteiger partial charge in [0.15, 0.2) is 5.60 Å². The summed E-state index contributed by atoms with van der Waals surface area (Å²) < 4.78 is 11.1. The number of methoxy groups -OCH3 is 2. The quantitative estimate of drug-likeness (QED) is 0.843. The molecule has 1 aromatic rings. The molecule has 0 saturated carbocycles. The first kappa shape index (κ1) is 17.7. The van der Waals surface area contributed by atoms with Crippen LogP contribution in [0.1, 0.15) is 33.3 Å². The zero-order valence-electron chi connectivity index (χ0n) is 14.6. The summed E-state index contributed by atoms with van der Waals surface area (Å²) in [6.45, 7) is 7.79. The van der Waals surface area contributed by atoms with Gasteiger partial charge in [-0.15, -0.1) is 0 Å². The summed E-state index contributed by atoms with van der Waals surface area (Å²) in [5.41, 5.74) is -0.481. The van der Waals surface area contributed by atoms with Gasteiger partial charge in [0.1, 0.15) is 5.75 Å². The molecule has 23 heavy (non-hydrogen) atoms. The van der Waals surface area contributed by atoms with Crippen LogP contribution in [0.5, 0.6) is 5.75 Å². The summed E-state index contributed by atoms with van der Waals surface area (Å²) in [6.07, 6.45) is 0. The van der Waals surface area contributed by atoms with E-state index in [0.29, 0.717) is 5.75 Å². The Morgan fingerprint density at radius 1 is 1.26 bits per heavy atom. The zero-order valence-corrected chi connectivity index (χ0v) is 14.6. The second-order valence-corrected chi connectivity index (χ2v) is 6.71. The van der Waals surface area contributed by atoms with Crippen LogP contribution in [-0.4, -0.2) is 32.3 Å². The average molecular weight is 323 g/mol. The van der Waals surface area contributed by atoms with Crippen molar-refractivity contribution in [3.05, 3.63) is 29.8 Å². The maximum absolute atomic E-state index is 11.4. The lowest BCUT2D eigenvalue weighted by molar-refractivity contribution is -0.632. The number of amides is 1. The van der Waals surface area contributed by atoms with Crippen LogP contribution in [0.4, 0.5) is 0 Å². The minimum atomic E-state index is -1.14. The fourth-order valence-corrected chi connectivity index (χ4v) is 2.92. The van der Waals surface area contributed by atoms with Gasteiger partial charge in [-0.3, -0.25) is 4.79 Å². The summed E-state index contributed by atoms with van der Waals surface area (Å²) in [5.74, 6) is -0.584. The lowest BCUT2D eigenvalue weighted by Crippen LogP contribution is -2.75. The Hall–Kier alpha value is -1.63. The molecule has 2 atom stereocenters. The monoisotopic (exact) mass is 323 g/mol. The fraction of sp³-hybridized carbons (Fsp3) is 0.588. The van der Waals surface area contributed by atoms with Crippen molar-refractivity contribution < 1.29 is 24.0 Å². The van der Waals surface area contributed by atoms with Crippen LogP contribution in [0.25, 0.3) is 0 Å². The second kappa shape index (κ2) is 6.11. The molecular weight excluding hydrogens is 298 g/mol. The molecule has 6 nitrogen and oxygen atoms in total. The maximum atomic E-state index is 11.4. The summed E-state index contributed by atoms with van der Waals surface area (Å²) in [6, 6.07) is 7.45. The first-order valence-electron chi connectivity index (χ1n) is 7.53. The number of carbonyl (C=O) groups is 1. The smallest absolute Gasteiger partial charge is 0.262 e. The number of nitrogens with one attached hydrogen (secondary N) is 1. The van der Waals surface area contributed by atoms with Crippen molar-refractivity contribution in [2.24, 2.45) is 5.41 Å². The highest BCUT2D eigenvalue weighted by Gasteiger charge is 2.71. The van der Waals surface area contributed by atoms with Gasteiger partial charge < -0.3 is 14.8 Å². The van der Waals surface area contributed by atoms with Crippen LogP contribution in [0.2, 0.25) is 0 Å². The van der Waals surface area contributed by atoms with Crippen molar-refractivity contribution in [1.29, 1.82) is 0 Å². The Balaban J connectivity index is 2.51. The van der Waals surface area contributed by atoms with Gasteiger partial charge in [0, 0.05) is 25.0 Å². The number of hydrogen-bond acceptors (Lipinski definition) is 5. The van der Waals surface area contributed by atoms with Gasteiger partial charge in [-0.2, -0.15) is 4.89 Å². The summed E-state index contributed by atoms with van der Waals surface area (Å²) >= 11 is 0. The van der Waals surface area contributed by atoms with Crippen LogP contribution in [0.15, 0.2) is 24.3 Å². The first-order chi connectivity index (χ1) is 10.7. The minimum absolute atomic E-state index is 0.139. The molecule has 1 heterocycles. The highest BCUT2D eigenvalue weighted by molar-refractivity contribution is 5.73. The van der Waals surface area contributed by atoms with Crippen molar-refractivity contribution in [2.45, 2.75) is 39.1 Å². The van der Waals surface area contributed by atoms with E-state index in [4.69, 9.17) is 19.2 Å². The van der Waals surface area contributed by atoms with E-state index in [1.54, 1.807) is 14.2 Å². The van der Waals surface area contributed by atoms with E-state index in [1.165, 1.54) is 6.92 Å². The molecule has 0 radical (unpaired) electrons. The molecular formula is C17H25NO5. The average Bonchev–Trinajstić information content (AvgIpc) is 2.46. The predicted molar refractivity (Wildman–Crippen MR) is 84.7 cm³/mol. The Bertz CT molecular complexity index is 579. The Labute approximate surface area is 137 Å². The fourth-order valence-electron chi connectivity index (χ4n) is 2.92. The Morgan fingerprint density at radius 2 is 1.96 bits per heavy atom. The second-order valence-electron chi connectivity index (χ2n) is 6.71. The van der Waals surface area contributed by atoms with Gasteiger partial charge in [-0.25, -0.2) is 4.89 Å². The van der Waals surface area contributed by atoms with Gasteiger partial charge in [0.05, 0.1) is 13.7 Å². The van der Waals surface area contributed by atoms with Crippen LogP contribution in [0, 0.1) is 5.41 Å². The molecule has 0 aromatic heterocycles. The van der Waals surface area contributed by atoms with Crippen molar-refractivity contribution in [1.82, 2.24) is 5.32 Å². The number of hydrogen-bond donors (Lipinski definition) is 1. The molecule has 2 unspecified atom stereocenters. The molecule has 1 saturated heterocycles. The number of ether oxygens (including phenoxy) is 2. The van der Waals surface area contributed by atoms with E-state index < -0.39 is 11.4 Å². The van der Waals surface area contributed by atoms with Crippen molar-refractivity contribution >= 4 is 5.91 Å². The molecule has 0 aliphatic carbocycles. The molecule has 0 bridgehead atoms. The van der Waals surface area contributed by atoms with Crippen molar-refractivity contribution in [3.8, 4) is 5.75 Å². The Morgan fingerprint density at radius 3 is 2.39 bits per heavy atom. The molecule has 0 spiro atoms. The van der Waals surface area contributed by atoms with Crippen molar-refractivity contribution in [3.63, 3.8) is 0 Å². The van der Waals surface area contributed by atoms with Gasteiger partial charge in [-0.05, 0) is 12.1 Å². The van der Waals surface area contributed by atoms with E-state index in [9.17, 15) is 4.79 Å². The first-order valence-corrected chi connectivity index (χ1v) is 7.53. The van der Waals surface area contributed by atoms with Crippen LogP contribution < -0.4 is 10.1 Å². The Kier molecular flexibility index (Phi) is 4.71. The summed E-state index contributed by atoms with van der Waals surface area (Å²) in [7, 11) is 3.17. The molecule has 1 aromatic carbocycles. The topological polar surface area (TPSA) is 66.0 Å². The van der Waals surface area contributed by atoms with Gasteiger partial charge >= 0.3 is 0 Å². The highest BCUT2D eigenvalue weighted by Crippen LogP contribution is 2.57. The molecule has 6 heteroatoms. The molecule has 1 aliphatic rings. The molecule has 1 aliphatic heterocycles. The van der Waals surface area contributed by atoms with E-state index in [-0.39, 0.29) is 17.9 Å². The molecule has 1 N–H and O–H groups in total. The number of benzene rings is 1. The van der Waals surface area contributed by atoms with E-state index in [2.05, 4.69) is 5.32 Å². The third kappa shape index (κ3) is 2.71. The zero-order chi connectivity index (χ0) is 17.3. The van der Waals surface area contributed by atoms with Gasteiger partial charge in [0.2, 0.25) is 5.91 Å². The lowest BCUT2D eigenvalue weighted by Gasteiger charge is -2.60. The van der Waals surface area contributed by atoms with Gasteiger partial charge in [-0.1, -0.05) is 32.9 Å². The van der Waals surface area contributed by atoms with E-state index in [1.807, 2.05) is 45.0 Å².